The molecule has 20 heavy (non-hydrogen) atoms. The summed E-state index contributed by atoms with van der Waals surface area (Å²) in [4.78, 5) is 4.56. The van der Waals surface area contributed by atoms with Gasteiger partial charge in [0.05, 0.1) is 13.3 Å². The second-order valence-corrected chi connectivity index (χ2v) is 4.69. The Bertz CT molecular complexity index is 234. The molecule has 0 saturated heterocycles. The Balaban J connectivity index is 0. The highest BCUT2D eigenvalue weighted by molar-refractivity contribution is 5.85. The first-order chi connectivity index (χ1) is 8.86. The van der Waals surface area contributed by atoms with Crippen molar-refractivity contribution in [3.63, 3.8) is 0 Å². The number of halogens is 2. The van der Waals surface area contributed by atoms with E-state index in [1.165, 1.54) is 38.8 Å². The van der Waals surface area contributed by atoms with Crippen molar-refractivity contribution in [3.8, 4) is 0 Å². The van der Waals surface area contributed by atoms with E-state index in [2.05, 4.69) is 46.7 Å². The largest absolute Gasteiger partial charge is 0.373 e. The quantitative estimate of drug-likeness (QED) is 0.786. The molecule has 0 radical (unpaired) electrons. The average Bonchev–Trinajstić information content (AvgIpc) is 3.07. The molecule has 2 rings (SSSR count). The first-order valence-corrected chi connectivity index (χ1v) is 7.15. The van der Waals surface area contributed by atoms with Crippen LogP contribution in [0, 0.1) is 0 Å². The van der Waals surface area contributed by atoms with Gasteiger partial charge in [-0.25, -0.2) is 0 Å². The van der Waals surface area contributed by atoms with Gasteiger partial charge >= 0.3 is 0 Å². The lowest BCUT2D eigenvalue weighted by molar-refractivity contribution is 0.382. The van der Waals surface area contributed by atoms with Gasteiger partial charge in [0, 0.05) is 37.9 Å². The van der Waals surface area contributed by atoms with E-state index < -0.39 is 0 Å². The van der Waals surface area contributed by atoms with Crippen LogP contribution >= 0.6 is 24.8 Å². The van der Waals surface area contributed by atoms with Gasteiger partial charge in [-0.2, -0.15) is 0 Å². The highest BCUT2D eigenvalue weighted by Crippen LogP contribution is 1.98. The monoisotopic (exact) mass is 324 g/mol. The molecule has 2 N–H and O–H groups in total. The molecule has 0 aliphatic carbocycles. The number of hydrogen-bond acceptors (Lipinski definition) is 4. The van der Waals surface area contributed by atoms with Crippen molar-refractivity contribution >= 4 is 24.8 Å². The first kappa shape index (κ1) is 21.6. The minimum Gasteiger partial charge on any atom is -0.373 e. The van der Waals surface area contributed by atoms with Gasteiger partial charge < -0.3 is 20.4 Å². The second-order valence-electron chi connectivity index (χ2n) is 4.69. The van der Waals surface area contributed by atoms with Crippen molar-refractivity contribution in [2.75, 3.05) is 26.4 Å². The minimum atomic E-state index is 0. The molecule has 0 atom stereocenters. The molecule has 6 heteroatoms. The molecule has 0 spiro atoms. The molecule has 0 saturated carbocycles. The zero-order chi connectivity index (χ0) is 13.1. The van der Waals surface area contributed by atoms with E-state index in [1.54, 1.807) is 0 Å². The Labute approximate surface area is 136 Å². The third-order valence-corrected chi connectivity index (χ3v) is 2.99. The lowest BCUT2D eigenvalue weighted by Gasteiger charge is -2.12. The fourth-order valence-electron chi connectivity index (χ4n) is 1.79. The number of rotatable bonds is 6. The fraction of sp³-hybridized carbons (Fsp3) is 0.714. The third kappa shape index (κ3) is 10.1. The van der Waals surface area contributed by atoms with Gasteiger partial charge in [0.25, 0.3) is 0 Å². The van der Waals surface area contributed by atoms with Crippen LogP contribution in [0.4, 0.5) is 0 Å². The molecule has 0 bridgehead atoms. The van der Waals surface area contributed by atoms with Gasteiger partial charge in [-0.3, -0.25) is 0 Å². The van der Waals surface area contributed by atoms with Crippen LogP contribution in [-0.4, -0.2) is 36.2 Å². The number of nitrogens with zero attached hydrogens (tertiary/aromatic N) is 2. The van der Waals surface area contributed by atoms with Crippen molar-refractivity contribution in [2.24, 2.45) is 0 Å². The minimum absolute atomic E-state index is 0. The number of unbranched alkanes of at least 4 members (excludes halogenated alkanes) is 2. The van der Waals surface area contributed by atoms with Crippen LogP contribution in [0.3, 0.4) is 0 Å². The Hall–Kier alpha value is -0.740. The standard InChI is InChI=1S/2C7H14N2.2ClH/c2*1-2-3-5-9-6-4-8-7-9;;/h2*4,6,8H,2-3,5,7H2,1H3;2*1H. The van der Waals surface area contributed by atoms with Crippen LogP contribution in [0.2, 0.25) is 0 Å². The van der Waals surface area contributed by atoms with E-state index in [0.29, 0.717) is 0 Å². The van der Waals surface area contributed by atoms with Crippen LogP contribution in [0.5, 0.6) is 0 Å². The van der Waals surface area contributed by atoms with E-state index in [1.807, 2.05) is 12.4 Å². The number of hydrogen-bond donors (Lipinski definition) is 2. The first-order valence-electron chi connectivity index (χ1n) is 7.15. The van der Waals surface area contributed by atoms with E-state index in [0.717, 1.165) is 13.3 Å². The van der Waals surface area contributed by atoms with Gasteiger partial charge in [-0.05, 0) is 12.8 Å². The van der Waals surface area contributed by atoms with Crippen LogP contribution in [0.15, 0.2) is 24.8 Å². The summed E-state index contributed by atoms with van der Waals surface area (Å²) < 4.78 is 0. The molecule has 0 amide bonds. The lowest BCUT2D eigenvalue weighted by atomic mass is 10.3. The summed E-state index contributed by atoms with van der Waals surface area (Å²) in [7, 11) is 0. The second kappa shape index (κ2) is 14.7. The highest BCUT2D eigenvalue weighted by Gasteiger charge is 2.00. The molecule has 0 fully saturated rings. The Kier molecular flexibility index (Phi) is 15.8. The molecule has 2 aliphatic rings. The van der Waals surface area contributed by atoms with Gasteiger partial charge in [0.15, 0.2) is 0 Å². The summed E-state index contributed by atoms with van der Waals surface area (Å²) >= 11 is 0. The van der Waals surface area contributed by atoms with Gasteiger partial charge in [0.1, 0.15) is 0 Å². The van der Waals surface area contributed by atoms with Crippen LogP contribution in [-0.2, 0) is 0 Å². The smallest absolute Gasteiger partial charge is 0.0867 e. The zero-order valence-corrected chi connectivity index (χ0v) is 14.3. The third-order valence-electron chi connectivity index (χ3n) is 2.99. The maximum atomic E-state index is 3.13. The van der Waals surface area contributed by atoms with Crippen molar-refractivity contribution in [3.05, 3.63) is 24.8 Å². The molecule has 0 aromatic carbocycles. The molecule has 2 aliphatic heterocycles. The van der Waals surface area contributed by atoms with Gasteiger partial charge in [0.2, 0.25) is 0 Å². The zero-order valence-electron chi connectivity index (χ0n) is 12.7. The van der Waals surface area contributed by atoms with Crippen LogP contribution < -0.4 is 10.6 Å². The van der Waals surface area contributed by atoms with Gasteiger partial charge in [-0.1, -0.05) is 26.7 Å². The molecule has 0 aromatic heterocycles. The van der Waals surface area contributed by atoms with Crippen LogP contribution in [0.1, 0.15) is 39.5 Å². The fourth-order valence-corrected chi connectivity index (χ4v) is 1.79. The molecule has 0 unspecified atom stereocenters. The SMILES string of the molecule is CCCCN1C=CNC1.CCCCN1C=CNC1.Cl.Cl. The summed E-state index contributed by atoms with van der Waals surface area (Å²) in [6.45, 7) is 8.82. The van der Waals surface area contributed by atoms with Crippen LogP contribution in [0.25, 0.3) is 0 Å². The maximum Gasteiger partial charge on any atom is 0.0867 e. The summed E-state index contributed by atoms with van der Waals surface area (Å²) in [5.41, 5.74) is 0. The molecule has 0 aromatic rings. The Morgan fingerprint density at radius 2 is 1.20 bits per heavy atom. The summed E-state index contributed by atoms with van der Waals surface area (Å²) in [5.74, 6) is 0. The molecule has 120 valence electrons. The number of nitrogens with one attached hydrogen (secondary N) is 2. The van der Waals surface area contributed by atoms with E-state index >= 15 is 0 Å². The average molecular weight is 325 g/mol. The predicted octanol–water partition coefficient (Wildman–Crippen LogP) is 3.08. The van der Waals surface area contributed by atoms with E-state index in [4.69, 9.17) is 0 Å². The molecular weight excluding hydrogens is 295 g/mol. The molecule has 2 heterocycles. The Morgan fingerprint density at radius 3 is 1.45 bits per heavy atom. The maximum absolute atomic E-state index is 3.13. The van der Waals surface area contributed by atoms with Gasteiger partial charge in [-0.15, -0.1) is 24.8 Å². The van der Waals surface area contributed by atoms with E-state index in [-0.39, 0.29) is 24.8 Å². The Morgan fingerprint density at radius 1 is 0.800 bits per heavy atom. The molecule has 4 nitrogen and oxygen atoms in total. The lowest BCUT2D eigenvalue weighted by Crippen LogP contribution is -2.21. The van der Waals surface area contributed by atoms with Crippen molar-refractivity contribution in [1.29, 1.82) is 0 Å². The summed E-state index contributed by atoms with van der Waals surface area (Å²) in [6, 6.07) is 0. The van der Waals surface area contributed by atoms with Crippen molar-refractivity contribution < 1.29 is 0 Å². The predicted molar refractivity (Wildman–Crippen MR) is 92.0 cm³/mol. The summed E-state index contributed by atoms with van der Waals surface area (Å²) in [6.07, 6.45) is 13.4. The normalized spacial score (nSPS) is 14.7. The summed E-state index contributed by atoms with van der Waals surface area (Å²) in [5, 5.41) is 6.25. The molecular formula is C14H30Cl2N4. The topological polar surface area (TPSA) is 30.5 Å². The van der Waals surface area contributed by atoms with Crippen molar-refractivity contribution in [2.45, 2.75) is 39.5 Å². The highest BCUT2D eigenvalue weighted by atomic mass is 35.5. The van der Waals surface area contributed by atoms with Crippen molar-refractivity contribution in [1.82, 2.24) is 20.4 Å². The van der Waals surface area contributed by atoms with E-state index in [9.17, 15) is 0 Å².